The number of hydrogen-bond acceptors (Lipinski definition) is 0. The molecule has 15 heavy (non-hydrogen) atoms. The molecule has 0 radical (unpaired) electrons. The van der Waals surface area contributed by atoms with E-state index in [0.717, 1.165) is 18.3 Å². The highest BCUT2D eigenvalue weighted by Crippen LogP contribution is 2.60. The second-order valence-electron chi connectivity index (χ2n) is 6.42. The highest BCUT2D eigenvalue weighted by atomic mass is 14.8. The molecule has 2 atom stereocenters. The van der Waals surface area contributed by atoms with Crippen LogP contribution in [-0.4, -0.2) is 5.54 Å². The van der Waals surface area contributed by atoms with Gasteiger partial charge in [-0.3, -0.25) is 0 Å². The highest BCUT2D eigenvalue weighted by molar-refractivity contribution is 5.25. The van der Waals surface area contributed by atoms with Gasteiger partial charge in [0.1, 0.15) is 0 Å². The first-order chi connectivity index (χ1) is 6.87. The minimum Gasteiger partial charge on any atom is -0.311 e. The zero-order valence-electron chi connectivity index (χ0n) is 10.3. The van der Waals surface area contributed by atoms with Crippen molar-refractivity contribution >= 4 is 0 Å². The smallest absolute Gasteiger partial charge is 0.230 e. The molecule has 2 bridgehead atoms. The molecule has 82 valence electrons. The summed E-state index contributed by atoms with van der Waals surface area (Å²) >= 11 is 0. The van der Waals surface area contributed by atoms with Crippen LogP contribution in [0.5, 0.6) is 0 Å². The standard InChI is InChI=1S/C14H21N/c1-13(2,15-5)9-10-6-7-11-8-12(10)14(11,3)4/h6,11-12H,7-9H2,1-4H3/t11-,12-/m1/s1. The van der Waals surface area contributed by atoms with E-state index in [4.69, 9.17) is 6.57 Å². The molecule has 0 aromatic rings. The molecule has 0 unspecified atom stereocenters. The lowest BCUT2D eigenvalue weighted by Gasteiger charge is -2.56. The van der Waals surface area contributed by atoms with Crippen LogP contribution in [0.4, 0.5) is 0 Å². The number of fused-ring (bicyclic) bond motifs is 1. The molecule has 1 saturated carbocycles. The lowest BCUT2D eigenvalue weighted by molar-refractivity contribution is -0.00920. The highest BCUT2D eigenvalue weighted by Gasteiger charge is 2.52. The fraction of sp³-hybridized carbons (Fsp3) is 0.786. The molecule has 0 aromatic heterocycles. The number of allylic oxidation sites excluding steroid dienone is 1. The van der Waals surface area contributed by atoms with Crippen LogP contribution in [0.25, 0.3) is 4.85 Å². The molecule has 3 rings (SSSR count). The van der Waals surface area contributed by atoms with Crippen molar-refractivity contribution in [1.29, 1.82) is 0 Å². The molecule has 0 N–H and O–H groups in total. The number of rotatable bonds is 2. The van der Waals surface area contributed by atoms with E-state index in [1.807, 2.05) is 0 Å². The van der Waals surface area contributed by atoms with E-state index >= 15 is 0 Å². The van der Waals surface area contributed by atoms with Crippen molar-refractivity contribution in [3.05, 3.63) is 23.1 Å². The molecule has 0 aliphatic heterocycles. The van der Waals surface area contributed by atoms with Gasteiger partial charge in [0.15, 0.2) is 0 Å². The monoisotopic (exact) mass is 203 g/mol. The van der Waals surface area contributed by atoms with Crippen molar-refractivity contribution in [1.82, 2.24) is 0 Å². The van der Waals surface area contributed by atoms with Crippen molar-refractivity contribution in [3.8, 4) is 0 Å². The summed E-state index contributed by atoms with van der Waals surface area (Å²) in [4.78, 5) is 3.72. The van der Waals surface area contributed by atoms with Crippen LogP contribution in [-0.2, 0) is 0 Å². The summed E-state index contributed by atoms with van der Waals surface area (Å²) in [7, 11) is 0. The molecule has 0 spiro atoms. The predicted molar refractivity (Wildman–Crippen MR) is 63.4 cm³/mol. The van der Waals surface area contributed by atoms with Gasteiger partial charge in [-0.25, -0.2) is 6.57 Å². The second kappa shape index (κ2) is 3.11. The Kier molecular flexibility index (Phi) is 2.23. The first-order valence-electron chi connectivity index (χ1n) is 5.94. The average Bonchev–Trinajstić information content (AvgIpc) is 2.17. The molecule has 0 saturated heterocycles. The maximum atomic E-state index is 7.20. The van der Waals surface area contributed by atoms with Gasteiger partial charge in [0.25, 0.3) is 0 Å². The molecule has 0 aromatic carbocycles. The fourth-order valence-corrected chi connectivity index (χ4v) is 3.22. The van der Waals surface area contributed by atoms with Crippen LogP contribution in [0.2, 0.25) is 0 Å². The van der Waals surface area contributed by atoms with Crippen LogP contribution < -0.4 is 0 Å². The van der Waals surface area contributed by atoms with Gasteiger partial charge < -0.3 is 4.85 Å². The summed E-state index contributed by atoms with van der Waals surface area (Å²) < 4.78 is 0. The minimum absolute atomic E-state index is 0.204. The van der Waals surface area contributed by atoms with Gasteiger partial charge in [-0.1, -0.05) is 25.5 Å². The third-order valence-electron chi connectivity index (χ3n) is 4.52. The van der Waals surface area contributed by atoms with Crippen molar-refractivity contribution in [2.45, 2.75) is 52.5 Å². The van der Waals surface area contributed by atoms with Crippen LogP contribution in [0.1, 0.15) is 47.0 Å². The van der Waals surface area contributed by atoms with E-state index < -0.39 is 0 Å². The fourth-order valence-electron chi connectivity index (χ4n) is 3.22. The summed E-state index contributed by atoms with van der Waals surface area (Å²) in [5, 5.41) is 0. The van der Waals surface area contributed by atoms with E-state index in [1.165, 1.54) is 12.8 Å². The van der Waals surface area contributed by atoms with E-state index in [-0.39, 0.29) is 5.54 Å². The summed E-state index contributed by atoms with van der Waals surface area (Å²) in [6, 6.07) is 0. The van der Waals surface area contributed by atoms with E-state index in [9.17, 15) is 0 Å². The van der Waals surface area contributed by atoms with Gasteiger partial charge in [-0.2, -0.15) is 0 Å². The first-order valence-corrected chi connectivity index (χ1v) is 5.94. The largest absolute Gasteiger partial charge is 0.311 e. The van der Waals surface area contributed by atoms with Gasteiger partial charge in [0, 0.05) is 20.3 Å². The molecular weight excluding hydrogens is 182 g/mol. The Labute approximate surface area is 93.4 Å². The van der Waals surface area contributed by atoms with Crippen LogP contribution in [0, 0.1) is 23.8 Å². The molecule has 0 amide bonds. The Morgan fingerprint density at radius 2 is 2.20 bits per heavy atom. The van der Waals surface area contributed by atoms with Crippen LogP contribution in [0.15, 0.2) is 11.6 Å². The minimum atomic E-state index is -0.204. The summed E-state index contributed by atoms with van der Waals surface area (Å²) in [6.45, 7) is 16.1. The average molecular weight is 203 g/mol. The van der Waals surface area contributed by atoms with Crippen molar-refractivity contribution in [3.63, 3.8) is 0 Å². The van der Waals surface area contributed by atoms with Gasteiger partial charge in [0.2, 0.25) is 5.54 Å². The topological polar surface area (TPSA) is 4.36 Å². The lowest BCUT2D eigenvalue weighted by atomic mass is 9.48. The van der Waals surface area contributed by atoms with E-state index in [0.29, 0.717) is 5.41 Å². The Balaban J connectivity index is 2.13. The second-order valence-corrected chi connectivity index (χ2v) is 6.42. The quantitative estimate of drug-likeness (QED) is 0.471. The number of hydrogen-bond donors (Lipinski definition) is 0. The van der Waals surface area contributed by atoms with Gasteiger partial charge in [-0.15, -0.1) is 0 Å². The lowest BCUT2D eigenvalue weighted by Crippen LogP contribution is -2.48. The Morgan fingerprint density at radius 1 is 1.53 bits per heavy atom. The van der Waals surface area contributed by atoms with Gasteiger partial charge in [0.05, 0.1) is 0 Å². The molecule has 1 heteroatoms. The Bertz CT molecular complexity index is 341. The zero-order chi connectivity index (χ0) is 11.3. The third-order valence-corrected chi connectivity index (χ3v) is 4.52. The molecular formula is C14H21N. The van der Waals surface area contributed by atoms with E-state index in [2.05, 4.69) is 38.6 Å². The Morgan fingerprint density at radius 3 is 2.67 bits per heavy atom. The summed E-state index contributed by atoms with van der Waals surface area (Å²) in [5.74, 6) is 1.67. The molecule has 3 aliphatic rings. The summed E-state index contributed by atoms with van der Waals surface area (Å²) in [5.41, 5.74) is 1.86. The van der Waals surface area contributed by atoms with Crippen molar-refractivity contribution in [2.24, 2.45) is 17.3 Å². The van der Waals surface area contributed by atoms with Crippen molar-refractivity contribution in [2.75, 3.05) is 0 Å². The normalized spacial score (nSPS) is 32.6. The molecule has 3 aliphatic carbocycles. The molecule has 1 fully saturated rings. The predicted octanol–water partition coefficient (Wildman–Crippen LogP) is 4.07. The summed E-state index contributed by atoms with van der Waals surface area (Å²) in [6.07, 6.45) is 5.99. The Hall–Kier alpha value is -0.770. The number of nitrogens with zero attached hydrogens (tertiary/aromatic N) is 1. The van der Waals surface area contributed by atoms with E-state index in [1.54, 1.807) is 5.57 Å². The van der Waals surface area contributed by atoms with Crippen LogP contribution >= 0.6 is 0 Å². The SMILES string of the molecule is [C-]#[N+]C(C)(C)CC1=CC[C@@H]2C[C@H]1C2(C)C. The van der Waals surface area contributed by atoms with Gasteiger partial charge >= 0.3 is 0 Å². The third kappa shape index (κ3) is 1.61. The zero-order valence-corrected chi connectivity index (χ0v) is 10.3. The van der Waals surface area contributed by atoms with Crippen molar-refractivity contribution < 1.29 is 0 Å². The maximum absolute atomic E-state index is 7.20. The molecule has 0 heterocycles. The maximum Gasteiger partial charge on any atom is 0.230 e. The molecule has 1 nitrogen and oxygen atoms in total. The van der Waals surface area contributed by atoms with Crippen LogP contribution in [0.3, 0.4) is 0 Å². The first kappa shape index (κ1) is 10.7. The van der Waals surface area contributed by atoms with Gasteiger partial charge in [-0.05, 0) is 30.1 Å².